The fraction of sp³-hybridized carbons (Fsp3) is 0.250. The van der Waals surface area contributed by atoms with E-state index in [0.29, 0.717) is 16.4 Å². The number of ether oxygens (including phenoxy) is 1. The van der Waals surface area contributed by atoms with Crippen molar-refractivity contribution in [2.45, 2.75) is 0 Å². The zero-order valence-corrected chi connectivity index (χ0v) is 12.7. The molecule has 114 valence electrons. The minimum atomic E-state index is -0.254. The summed E-state index contributed by atoms with van der Waals surface area (Å²) in [4.78, 5) is 18.6. The van der Waals surface area contributed by atoms with Gasteiger partial charge in [0.15, 0.2) is 0 Å². The molecule has 1 fully saturated rings. The first-order valence-electron chi connectivity index (χ1n) is 7.08. The van der Waals surface area contributed by atoms with Crippen molar-refractivity contribution in [2.75, 3.05) is 36.5 Å². The van der Waals surface area contributed by atoms with Crippen LogP contribution in [0.1, 0.15) is 10.5 Å². The normalized spacial score (nSPS) is 14.7. The second-order valence-corrected chi connectivity index (χ2v) is 5.40. The minimum absolute atomic E-state index is 0.254. The third-order valence-corrected chi connectivity index (χ3v) is 3.67. The van der Waals surface area contributed by atoms with E-state index in [2.05, 4.69) is 15.2 Å². The summed E-state index contributed by atoms with van der Waals surface area (Å²) in [6.45, 7) is 3.12. The molecule has 2 aromatic rings. The Labute approximate surface area is 133 Å². The first-order chi connectivity index (χ1) is 10.7. The van der Waals surface area contributed by atoms with Crippen molar-refractivity contribution in [1.82, 2.24) is 4.98 Å². The van der Waals surface area contributed by atoms with E-state index in [-0.39, 0.29) is 5.91 Å². The lowest BCUT2D eigenvalue weighted by Crippen LogP contribution is -2.36. The number of nitrogens with one attached hydrogen (secondary N) is 1. The average Bonchev–Trinajstić information content (AvgIpc) is 2.56. The van der Waals surface area contributed by atoms with E-state index in [9.17, 15) is 4.79 Å². The summed E-state index contributed by atoms with van der Waals surface area (Å²) in [6.07, 6.45) is 1.72. The molecule has 0 aliphatic carbocycles. The number of carbonyl (C=O) groups excluding carboxylic acids is 1. The van der Waals surface area contributed by atoms with Gasteiger partial charge in [-0.1, -0.05) is 17.7 Å². The van der Waals surface area contributed by atoms with E-state index in [1.165, 1.54) is 0 Å². The number of hydrogen-bond donors (Lipinski definition) is 1. The van der Waals surface area contributed by atoms with Gasteiger partial charge in [-0.2, -0.15) is 0 Å². The second-order valence-electron chi connectivity index (χ2n) is 4.97. The maximum atomic E-state index is 12.2. The van der Waals surface area contributed by atoms with Crippen LogP contribution < -0.4 is 10.2 Å². The molecule has 1 aliphatic heterocycles. The number of amides is 1. The van der Waals surface area contributed by atoms with Crippen LogP contribution in [0, 0.1) is 0 Å². The highest BCUT2D eigenvalue weighted by Gasteiger charge is 2.13. The second kappa shape index (κ2) is 6.77. The summed E-state index contributed by atoms with van der Waals surface area (Å²) in [5, 5.41) is 3.36. The quantitative estimate of drug-likeness (QED) is 0.946. The highest BCUT2D eigenvalue weighted by Crippen LogP contribution is 2.17. The number of halogens is 1. The van der Waals surface area contributed by atoms with Crippen molar-refractivity contribution in [2.24, 2.45) is 0 Å². The molecular weight excluding hydrogens is 302 g/mol. The zero-order chi connectivity index (χ0) is 15.4. The Kier molecular flexibility index (Phi) is 4.56. The highest BCUT2D eigenvalue weighted by molar-refractivity contribution is 6.30. The molecule has 1 N–H and O–H groups in total. The molecule has 1 aliphatic rings. The minimum Gasteiger partial charge on any atom is -0.378 e. The highest BCUT2D eigenvalue weighted by atomic mass is 35.5. The van der Waals surface area contributed by atoms with Gasteiger partial charge in [-0.3, -0.25) is 4.79 Å². The lowest BCUT2D eigenvalue weighted by Gasteiger charge is -2.28. The Hall–Kier alpha value is -2.11. The first kappa shape index (κ1) is 14.8. The number of pyridine rings is 1. The number of aromatic nitrogens is 1. The Morgan fingerprint density at radius 3 is 2.73 bits per heavy atom. The third kappa shape index (κ3) is 3.55. The molecular formula is C16H16ClN3O2. The number of hydrogen-bond acceptors (Lipinski definition) is 4. The summed E-state index contributed by atoms with van der Waals surface area (Å²) < 4.78 is 5.32. The molecule has 5 nitrogen and oxygen atoms in total. The van der Waals surface area contributed by atoms with E-state index in [1.807, 2.05) is 6.07 Å². The van der Waals surface area contributed by atoms with Crippen LogP contribution in [0.25, 0.3) is 0 Å². The number of morpholine rings is 1. The van der Waals surface area contributed by atoms with Crippen molar-refractivity contribution in [3.63, 3.8) is 0 Å². The van der Waals surface area contributed by atoms with Gasteiger partial charge < -0.3 is 15.0 Å². The van der Waals surface area contributed by atoms with E-state index in [0.717, 1.165) is 32.0 Å². The van der Waals surface area contributed by atoms with Gasteiger partial charge in [-0.05, 0) is 30.3 Å². The predicted octanol–water partition coefficient (Wildman–Crippen LogP) is 2.82. The zero-order valence-electron chi connectivity index (χ0n) is 12.0. The summed E-state index contributed by atoms with van der Waals surface area (Å²) in [7, 11) is 0. The molecule has 1 aromatic carbocycles. The van der Waals surface area contributed by atoms with Gasteiger partial charge in [0.05, 0.1) is 25.1 Å². The molecule has 3 rings (SSSR count). The molecule has 0 spiro atoms. The number of rotatable bonds is 3. The largest absolute Gasteiger partial charge is 0.378 e. The van der Waals surface area contributed by atoms with Gasteiger partial charge in [0.2, 0.25) is 0 Å². The molecule has 22 heavy (non-hydrogen) atoms. The van der Waals surface area contributed by atoms with Crippen molar-refractivity contribution >= 4 is 28.9 Å². The Morgan fingerprint density at radius 2 is 2.05 bits per heavy atom. The lowest BCUT2D eigenvalue weighted by atomic mass is 10.2. The number of nitrogens with zero attached hydrogens (tertiary/aromatic N) is 2. The van der Waals surface area contributed by atoms with Crippen molar-refractivity contribution in [3.8, 4) is 0 Å². The van der Waals surface area contributed by atoms with E-state index in [4.69, 9.17) is 16.3 Å². The molecule has 1 amide bonds. The van der Waals surface area contributed by atoms with Gasteiger partial charge in [0, 0.05) is 23.8 Å². The number of carbonyl (C=O) groups is 1. The summed E-state index contributed by atoms with van der Waals surface area (Å²) in [6, 6.07) is 10.7. The molecule has 2 heterocycles. The predicted molar refractivity (Wildman–Crippen MR) is 86.7 cm³/mol. The maximum absolute atomic E-state index is 12.2. The first-order valence-corrected chi connectivity index (χ1v) is 7.46. The Bertz CT molecular complexity index is 655. The molecule has 1 aromatic heterocycles. The molecule has 1 saturated heterocycles. The lowest BCUT2D eigenvalue weighted by molar-refractivity contribution is 0.102. The molecule has 0 bridgehead atoms. The summed E-state index contributed by atoms with van der Waals surface area (Å²) in [5.74, 6) is -0.254. The van der Waals surface area contributed by atoms with Crippen LogP contribution in [0.2, 0.25) is 5.02 Å². The van der Waals surface area contributed by atoms with Crippen LogP contribution in [0.4, 0.5) is 11.4 Å². The van der Waals surface area contributed by atoms with Gasteiger partial charge >= 0.3 is 0 Å². The van der Waals surface area contributed by atoms with Crippen LogP contribution in [0.15, 0.2) is 42.6 Å². The fourth-order valence-corrected chi connectivity index (χ4v) is 2.48. The van der Waals surface area contributed by atoms with Crippen LogP contribution in [-0.4, -0.2) is 37.2 Å². The fourth-order valence-electron chi connectivity index (χ4n) is 2.29. The monoisotopic (exact) mass is 317 g/mol. The van der Waals surface area contributed by atoms with Crippen LogP contribution in [0.5, 0.6) is 0 Å². The summed E-state index contributed by atoms with van der Waals surface area (Å²) >= 11 is 5.90. The van der Waals surface area contributed by atoms with Gasteiger partial charge in [-0.25, -0.2) is 4.98 Å². The van der Waals surface area contributed by atoms with E-state index < -0.39 is 0 Å². The summed E-state index contributed by atoms with van der Waals surface area (Å²) in [5.41, 5.74) is 2.02. The van der Waals surface area contributed by atoms with Crippen molar-refractivity contribution in [1.29, 1.82) is 0 Å². The van der Waals surface area contributed by atoms with E-state index in [1.54, 1.807) is 36.5 Å². The molecule has 0 radical (unpaired) electrons. The SMILES string of the molecule is O=C(Nc1cccc(Cl)c1)c1ccc(N2CCOCC2)cn1. The van der Waals surface area contributed by atoms with E-state index >= 15 is 0 Å². The number of benzene rings is 1. The molecule has 6 heteroatoms. The standard InChI is InChI=1S/C16H16ClN3O2/c17-12-2-1-3-13(10-12)19-16(21)15-5-4-14(11-18-15)20-6-8-22-9-7-20/h1-5,10-11H,6-9H2,(H,19,21). The van der Waals surface area contributed by atoms with Gasteiger partial charge in [0.1, 0.15) is 5.69 Å². The van der Waals surface area contributed by atoms with Crippen molar-refractivity contribution < 1.29 is 9.53 Å². The van der Waals surface area contributed by atoms with Gasteiger partial charge in [0.25, 0.3) is 5.91 Å². The van der Waals surface area contributed by atoms with Crippen LogP contribution >= 0.6 is 11.6 Å². The molecule has 0 saturated carbocycles. The van der Waals surface area contributed by atoms with Crippen LogP contribution in [0.3, 0.4) is 0 Å². The molecule has 0 atom stereocenters. The van der Waals surface area contributed by atoms with Crippen LogP contribution in [-0.2, 0) is 4.74 Å². The third-order valence-electron chi connectivity index (χ3n) is 3.44. The maximum Gasteiger partial charge on any atom is 0.274 e. The average molecular weight is 318 g/mol. The molecule has 0 unspecified atom stereocenters. The smallest absolute Gasteiger partial charge is 0.274 e. The Balaban J connectivity index is 1.68. The van der Waals surface area contributed by atoms with Gasteiger partial charge in [-0.15, -0.1) is 0 Å². The Morgan fingerprint density at radius 1 is 1.23 bits per heavy atom. The number of anilines is 2. The van der Waals surface area contributed by atoms with Crippen molar-refractivity contribution in [3.05, 3.63) is 53.3 Å². The topological polar surface area (TPSA) is 54.5 Å².